The van der Waals surface area contributed by atoms with Crippen LogP contribution in [0.1, 0.15) is 155 Å². The number of alkyl carbamates (subject to hydrolysis) is 2. The SMILES string of the molecule is CC(C)(C)OC(=O)NCC1(C(=O)Nc2ccccc2)CCCC1.CC(C)(C)OC(=O)NCC1CCCC1.NCC1(C(=O)Nc2ccccc2)CCCC1.O=C(O)c1cn(CC2(C(=O)Nc3ccccc3)CCCC2)cc(O)c1=O.O=C=O. The minimum atomic E-state index is -1.41. The third-order valence-electron chi connectivity index (χ3n) is 14.8. The van der Waals surface area contributed by atoms with E-state index >= 15 is 0 Å². The number of benzene rings is 3. The molecule has 4 aliphatic rings. The third-order valence-corrected chi connectivity index (χ3v) is 14.8. The lowest BCUT2D eigenvalue weighted by atomic mass is 9.84. The van der Waals surface area contributed by atoms with Gasteiger partial charge in [0.2, 0.25) is 23.2 Å². The summed E-state index contributed by atoms with van der Waals surface area (Å²) in [5, 5.41) is 33.3. The molecule has 5 amide bonds. The van der Waals surface area contributed by atoms with Crippen molar-refractivity contribution in [3.8, 4) is 5.75 Å². The van der Waals surface area contributed by atoms with E-state index in [1.165, 1.54) is 42.6 Å². The van der Waals surface area contributed by atoms with Gasteiger partial charge in [0.1, 0.15) is 16.8 Å². The summed E-state index contributed by atoms with van der Waals surface area (Å²) in [5.74, 6) is -1.47. The summed E-state index contributed by atoms with van der Waals surface area (Å²) in [6.07, 6.45) is 17.7. The quantitative estimate of drug-likeness (QED) is 0.0583. The van der Waals surface area contributed by atoms with Crippen molar-refractivity contribution in [1.29, 1.82) is 0 Å². The molecule has 446 valence electrons. The van der Waals surface area contributed by atoms with E-state index < -0.39 is 45.2 Å². The van der Waals surface area contributed by atoms with Crippen LogP contribution in [0.5, 0.6) is 5.75 Å². The molecule has 0 atom stereocenters. The second kappa shape index (κ2) is 32.0. The Labute approximate surface area is 481 Å². The lowest BCUT2D eigenvalue weighted by molar-refractivity contribution is -0.191. The molecular weight excluding hydrogens is 1050 g/mol. The average molecular weight is 1140 g/mol. The lowest BCUT2D eigenvalue weighted by Crippen LogP contribution is -2.45. The topological polar surface area (TPSA) is 304 Å². The fourth-order valence-electron chi connectivity index (χ4n) is 10.5. The fraction of sp³-hybridized carbons (Fsp3) is 0.516. The molecule has 8 rings (SSSR count). The van der Waals surface area contributed by atoms with Gasteiger partial charge >= 0.3 is 24.3 Å². The van der Waals surface area contributed by atoms with E-state index in [0.717, 1.165) is 82.1 Å². The zero-order valence-electron chi connectivity index (χ0n) is 48.4. The molecule has 4 fully saturated rings. The molecule has 0 unspecified atom stereocenters. The van der Waals surface area contributed by atoms with Crippen molar-refractivity contribution in [3.63, 3.8) is 0 Å². The van der Waals surface area contributed by atoms with Gasteiger partial charge in [0.15, 0.2) is 5.75 Å². The highest BCUT2D eigenvalue weighted by Gasteiger charge is 2.43. The highest BCUT2D eigenvalue weighted by atomic mass is 16.6. The fourth-order valence-corrected chi connectivity index (χ4v) is 10.5. The number of pyridine rings is 1. The van der Waals surface area contributed by atoms with Crippen LogP contribution >= 0.6 is 0 Å². The number of nitrogens with two attached hydrogens (primary N) is 1. The van der Waals surface area contributed by atoms with E-state index in [-0.39, 0.29) is 47.5 Å². The summed E-state index contributed by atoms with van der Waals surface area (Å²) >= 11 is 0. The summed E-state index contributed by atoms with van der Waals surface area (Å²) in [6.45, 7) is 12.8. The predicted octanol–water partition coefficient (Wildman–Crippen LogP) is 10.4. The second-order valence-electron chi connectivity index (χ2n) is 23.5. The van der Waals surface area contributed by atoms with Gasteiger partial charge in [0.05, 0.1) is 16.2 Å². The first-order chi connectivity index (χ1) is 38.9. The molecule has 0 aliphatic heterocycles. The van der Waals surface area contributed by atoms with Crippen LogP contribution in [0.25, 0.3) is 0 Å². The van der Waals surface area contributed by atoms with Gasteiger partial charge < -0.3 is 56.6 Å². The van der Waals surface area contributed by atoms with Crippen LogP contribution in [-0.4, -0.2) is 87.6 Å². The Morgan fingerprint density at radius 1 is 0.585 bits per heavy atom. The van der Waals surface area contributed by atoms with Gasteiger partial charge in [0.25, 0.3) is 0 Å². The number of carbonyl (C=O) groups is 6. The highest BCUT2D eigenvalue weighted by molar-refractivity contribution is 5.97. The van der Waals surface area contributed by atoms with E-state index in [4.69, 9.17) is 29.9 Å². The number of amides is 5. The van der Waals surface area contributed by atoms with Gasteiger partial charge in [-0.15, -0.1) is 0 Å². The molecule has 0 spiro atoms. The summed E-state index contributed by atoms with van der Waals surface area (Å²) in [5.41, 5.74) is 4.13. The van der Waals surface area contributed by atoms with Crippen LogP contribution in [-0.2, 0) is 40.0 Å². The van der Waals surface area contributed by atoms with E-state index in [9.17, 15) is 38.7 Å². The number of para-hydroxylation sites is 3. The van der Waals surface area contributed by atoms with E-state index in [0.29, 0.717) is 37.5 Å². The van der Waals surface area contributed by atoms with Crippen molar-refractivity contribution in [3.05, 3.63) is 119 Å². The summed E-state index contributed by atoms with van der Waals surface area (Å²) in [6, 6.07) is 28.1. The van der Waals surface area contributed by atoms with Crippen molar-refractivity contribution >= 4 is 59.1 Å². The zero-order valence-corrected chi connectivity index (χ0v) is 48.4. The lowest BCUT2D eigenvalue weighted by Gasteiger charge is -2.29. The van der Waals surface area contributed by atoms with Crippen LogP contribution in [0.2, 0.25) is 0 Å². The Morgan fingerprint density at radius 3 is 1.34 bits per heavy atom. The normalized spacial score (nSPS) is 16.4. The van der Waals surface area contributed by atoms with Gasteiger partial charge in [0, 0.05) is 55.6 Å². The first kappa shape index (κ1) is 66.7. The number of ether oxygens (including phenoxy) is 2. The van der Waals surface area contributed by atoms with Crippen molar-refractivity contribution in [2.75, 3.05) is 35.6 Å². The minimum absolute atomic E-state index is 0.0303. The molecule has 0 saturated heterocycles. The van der Waals surface area contributed by atoms with E-state index in [1.54, 1.807) is 12.1 Å². The number of carbonyl (C=O) groups excluding carboxylic acids is 7. The van der Waals surface area contributed by atoms with Gasteiger partial charge in [-0.25, -0.2) is 14.4 Å². The molecule has 20 heteroatoms. The van der Waals surface area contributed by atoms with Crippen molar-refractivity contribution in [1.82, 2.24) is 15.2 Å². The molecule has 4 aromatic rings. The molecule has 1 aromatic heterocycles. The first-order valence-corrected chi connectivity index (χ1v) is 28.3. The third kappa shape index (κ3) is 21.9. The molecule has 3 aromatic carbocycles. The predicted molar refractivity (Wildman–Crippen MR) is 312 cm³/mol. The van der Waals surface area contributed by atoms with Crippen molar-refractivity contribution in [2.45, 2.75) is 162 Å². The minimum Gasteiger partial charge on any atom is -0.503 e. The van der Waals surface area contributed by atoms with Gasteiger partial charge in [-0.2, -0.15) is 9.59 Å². The standard InChI is InChI=1S/C19H20N2O5.C18H26N2O3.C13H18N2O.C11H21NO2.CO2/c22-15-11-21(10-14(16(15)23)17(24)25)12-19(8-4-5-9-19)18(26)20-13-6-2-1-3-7-13;1-17(2,3)23-16(22)19-13-18(11-7-8-12-18)15(21)20-14-9-5-4-6-10-14;14-10-13(8-4-5-9-13)12(16)15-11-6-2-1-3-7-11;1-11(2,3)14-10(13)12-8-9-6-4-5-7-9;2-1-3/h1-3,6-7,10-11,22H,4-5,8-9,12H2,(H,20,26)(H,24,25);4-6,9-10H,7-8,11-13H2,1-3H3,(H,19,22)(H,20,21);1-3,6-7H,4-5,8-10,14H2,(H,15,16);9H,4-8H2,1-3H3,(H,12,13);. The summed E-state index contributed by atoms with van der Waals surface area (Å²) < 4.78 is 11.8. The van der Waals surface area contributed by atoms with Gasteiger partial charge in [-0.1, -0.05) is 106 Å². The Bertz CT molecular complexity index is 2760. The van der Waals surface area contributed by atoms with Gasteiger partial charge in [-0.05, 0) is 135 Å². The number of anilines is 3. The van der Waals surface area contributed by atoms with Crippen LogP contribution in [0.15, 0.2) is 108 Å². The monoisotopic (exact) mass is 1140 g/mol. The number of hydrogen-bond acceptors (Lipinski definition) is 13. The van der Waals surface area contributed by atoms with Gasteiger partial charge in [-0.3, -0.25) is 19.2 Å². The molecule has 4 saturated carbocycles. The number of carboxylic acid groups (broad SMARTS) is 1. The molecule has 9 N–H and O–H groups in total. The number of hydrogen-bond donors (Lipinski definition) is 8. The first-order valence-electron chi connectivity index (χ1n) is 28.3. The molecule has 0 bridgehead atoms. The van der Waals surface area contributed by atoms with Crippen LogP contribution in [0.4, 0.5) is 26.7 Å². The van der Waals surface area contributed by atoms with E-state index in [2.05, 4.69) is 26.6 Å². The highest BCUT2D eigenvalue weighted by Crippen LogP contribution is 2.42. The molecule has 82 heavy (non-hydrogen) atoms. The van der Waals surface area contributed by atoms with Crippen molar-refractivity contribution < 1.29 is 58.0 Å². The Balaban J connectivity index is 0.000000237. The summed E-state index contributed by atoms with van der Waals surface area (Å²) in [4.78, 5) is 100. The maximum atomic E-state index is 12.9. The number of aromatic carboxylic acids is 1. The average Bonchev–Trinajstić information content (AvgIpc) is 4.47. The molecule has 20 nitrogen and oxygen atoms in total. The number of nitrogens with one attached hydrogen (secondary N) is 5. The van der Waals surface area contributed by atoms with Crippen LogP contribution < -0.4 is 37.7 Å². The van der Waals surface area contributed by atoms with Crippen LogP contribution in [0.3, 0.4) is 0 Å². The Hall–Kier alpha value is -7.83. The Kier molecular flexibility index (Phi) is 26.0. The maximum Gasteiger partial charge on any atom is 0.407 e. The molecular formula is C62H85N7O13. The molecule has 4 aliphatic carbocycles. The second-order valence-corrected chi connectivity index (χ2v) is 23.5. The van der Waals surface area contributed by atoms with Crippen LogP contribution in [0, 0.1) is 22.2 Å². The Morgan fingerprint density at radius 2 is 0.951 bits per heavy atom. The zero-order chi connectivity index (χ0) is 60.4. The van der Waals surface area contributed by atoms with E-state index in [1.807, 2.05) is 120 Å². The molecule has 0 radical (unpaired) electrons. The number of aromatic nitrogens is 1. The number of rotatable bonds is 14. The number of nitrogens with zero attached hydrogens (tertiary/aromatic N) is 1. The largest absolute Gasteiger partial charge is 0.503 e. The summed E-state index contributed by atoms with van der Waals surface area (Å²) in [7, 11) is 0. The number of aromatic hydroxyl groups is 1. The maximum absolute atomic E-state index is 12.9. The van der Waals surface area contributed by atoms with Crippen molar-refractivity contribution in [2.24, 2.45) is 27.9 Å². The smallest absolute Gasteiger partial charge is 0.407 e. The number of carboxylic acids is 1. The molecule has 1 heterocycles.